The Kier molecular flexibility index (Phi) is 11.3. The number of nitro groups is 1. The fourth-order valence-electron chi connectivity index (χ4n) is 11.2. The van der Waals surface area contributed by atoms with Gasteiger partial charge in [-0.3, -0.25) is 19.8 Å². The van der Waals surface area contributed by atoms with E-state index in [9.17, 15) is 23.3 Å². The van der Waals surface area contributed by atoms with Gasteiger partial charge in [-0.25, -0.2) is 9.71 Å². The van der Waals surface area contributed by atoms with Crippen molar-refractivity contribution in [3.05, 3.63) is 136 Å². The smallest absolute Gasteiger partial charge is 0.300 e. The Morgan fingerprint density at radius 2 is 1.69 bits per heavy atom. The summed E-state index contributed by atoms with van der Waals surface area (Å²) in [5.74, 6) is 0.00368. The van der Waals surface area contributed by atoms with Crippen molar-refractivity contribution in [3.8, 4) is 17.4 Å². The Balaban J connectivity index is 0.795. The second-order valence-electron chi connectivity index (χ2n) is 19.1. The van der Waals surface area contributed by atoms with Gasteiger partial charge in [0.05, 0.1) is 28.8 Å². The molecular weight excluding hydrogens is 869 g/mol. The highest BCUT2D eigenvalue weighted by molar-refractivity contribution is 7.90. The standard InChI is InChI=1S/C51H54N8O7S/c60-49(56-67(63,64)46-30-44(59(61)62)47-50(55-46)65-32-36(54-47)27-33-7-2-1-3-8-33)42-15-14-38(29-45(42)66-39-28-35-18-23-52-48(35)53-31-39)57-25-21-51(22-26-57)19-16-37(17-20-51)58-24-6-11-43(58)41-10-5-4-9-40(41)34-12-13-34/h1-5,7-10,14-15,18,23,28-31,34,36-37,43,54H,6,11-13,16-17,19-22,24-27,32H2,(H,52,53)(H,56,60)/t36-,43?/m0/s1. The van der Waals surface area contributed by atoms with Crippen molar-refractivity contribution < 1.29 is 27.6 Å². The maximum absolute atomic E-state index is 14.1. The predicted octanol–water partition coefficient (Wildman–Crippen LogP) is 9.44. The number of aromatic nitrogens is 3. The van der Waals surface area contributed by atoms with Crippen molar-refractivity contribution in [2.45, 2.75) is 99.7 Å². The van der Waals surface area contributed by atoms with Crippen LogP contribution in [0.5, 0.6) is 17.4 Å². The number of hydrogen-bond acceptors (Lipinski definition) is 12. The van der Waals surface area contributed by atoms with Crippen LogP contribution in [0.1, 0.15) is 103 Å². The number of hydrogen-bond donors (Lipinski definition) is 3. The SMILES string of the molecule is O=C(NS(=O)(=O)c1cc([N+](=O)[O-])c2c(n1)OC[C@H](Cc1ccccc1)N2)c1ccc(N2CCC3(CCC(N4CCCC4c4ccccc4C4CC4)CC3)CC2)cc1Oc1cnc2[nH]ccc2c1. The van der Waals surface area contributed by atoms with Crippen LogP contribution in [0, 0.1) is 15.5 Å². The molecule has 2 aliphatic carbocycles. The maximum Gasteiger partial charge on any atom is 0.300 e. The summed E-state index contributed by atoms with van der Waals surface area (Å²) in [5.41, 5.74) is 5.34. The summed E-state index contributed by atoms with van der Waals surface area (Å²) in [4.78, 5) is 42.5. The van der Waals surface area contributed by atoms with Crippen molar-refractivity contribution in [3.63, 3.8) is 0 Å². The molecule has 1 unspecified atom stereocenters. The van der Waals surface area contributed by atoms with Gasteiger partial charge in [0, 0.05) is 48.5 Å². The molecule has 3 aliphatic heterocycles. The number of pyridine rings is 2. The number of fused-ring (bicyclic) bond motifs is 2. The zero-order chi connectivity index (χ0) is 45.7. The first kappa shape index (κ1) is 43.1. The van der Waals surface area contributed by atoms with Crippen molar-refractivity contribution in [2.75, 3.05) is 36.5 Å². The summed E-state index contributed by atoms with van der Waals surface area (Å²) >= 11 is 0. The summed E-state index contributed by atoms with van der Waals surface area (Å²) in [6.07, 6.45) is 16.0. The molecule has 3 aromatic heterocycles. The van der Waals surface area contributed by atoms with E-state index >= 15 is 0 Å². The molecule has 6 heterocycles. The van der Waals surface area contributed by atoms with E-state index in [0.717, 1.165) is 54.6 Å². The number of amides is 1. The number of carbonyl (C=O) groups is 1. The molecule has 2 saturated carbocycles. The van der Waals surface area contributed by atoms with E-state index in [0.29, 0.717) is 35.3 Å². The molecule has 5 aliphatic rings. The number of benzene rings is 3. The molecule has 4 fully saturated rings. The molecule has 1 amide bonds. The number of sulfonamides is 1. The van der Waals surface area contributed by atoms with Crippen LogP contribution in [-0.4, -0.2) is 77.4 Å². The Morgan fingerprint density at radius 1 is 0.910 bits per heavy atom. The molecule has 3 N–H and O–H groups in total. The van der Waals surface area contributed by atoms with Gasteiger partial charge < -0.3 is 24.7 Å². The van der Waals surface area contributed by atoms with Crippen molar-refractivity contribution >= 4 is 44.0 Å². The fourth-order valence-corrected chi connectivity index (χ4v) is 12.1. The van der Waals surface area contributed by atoms with Gasteiger partial charge in [-0.15, -0.1) is 0 Å². The first-order valence-electron chi connectivity index (χ1n) is 23.6. The number of carbonyl (C=O) groups excluding carboxylic acids is 1. The predicted molar refractivity (Wildman–Crippen MR) is 254 cm³/mol. The maximum atomic E-state index is 14.1. The first-order valence-corrected chi connectivity index (χ1v) is 25.1. The number of rotatable bonds is 12. The number of likely N-dealkylation sites (tertiary alicyclic amines) is 1. The number of H-pyrrole nitrogens is 1. The lowest BCUT2D eigenvalue weighted by Gasteiger charge is -2.48. The van der Waals surface area contributed by atoms with Crippen LogP contribution in [0.15, 0.2) is 108 Å². The molecule has 6 aromatic rings. The molecule has 0 bridgehead atoms. The summed E-state index contributed by atoms with van der Waals surface area (Å²) in [7, 11) is -4.75. The quantitative estimate of drug-likeness (QED) is 0.0782. The average molecular weight is 923 g/mol. The first-order chi connectivity index (χ1) is 32.6. The third-order valence-corrected chi connectivity index (χ3v) is 16.1. The van der Waals surface area contributed by atoms with Gasteiger partial charge in [-0.1, -0.05) is 54.6 Å². The minimum atomic E-state index is -4.75. The number of aromatic amines is 1. The van der Waals surface area contributed by atoms with E-state index in [1.54, 1.807) is 35.5 Å². The highest BCUT2D eigenvalue weighted by Gasteiger charge is 2.43. The second kappa shape index (κ2) is 17.6. The van der Waals surface area contributed by atoms with Gasteiger partial charge in [-0.05, 0) is 129 Å². The van der Waals surface area contributed by atoms with Crippen LogP contribution in [0.3, 0.4) is 0 Å². The minimum Gasteiger partial charge on any atom is -0.474 e. The van der Waals surface area contributed by atoms with E-state index in [-0.39, 0.29) is 35.5 Å². The lowest BCUT2D eigenvalue weighted by molar-refractivity contribution is -0.384. The van der Waals surface area contributed by atoms with Crippen LogP contribution >= 0.6 is 0 Å². The lowest BCUT2D eigenvalue weighted by atomic mass is 9.66. The topological polar surface area (TPSA) is 185 Å². The van der Waals surface area contributed by atoms with E-state index in [1.165, 1.54) is 64.1 Å². The number of nitrogens with one attached hydrogen (secondary N) is 3. The summed E-state index contributed by atoms with van der Waals surface area (Å²) in [6, 6.07) is 29.2. The molecule has 15 nitrogen and oxygen atoms in total. The highest BCUT2D eigenvalue weighted by Crippen LogP contribution is 2.51. The largest absolute Gasteiger partial charge is 0.474 e. The number of ether oxygens (including phenoxy) is 2. The van der Waals surface area contributed by atoms with Gasteiger partial charge in [0.15, 0.2) is 10.7 Å². The van der Waals surface area contributed by atoms with Gasteiger partial charge >= 0.3 is 5.69 Å². The number of nitrogens with zero attached hydrogens (tertiary/aromatic N) is 5. The molecule has 346 valence electrons. The van der Waals surface area contributed by atoms with Crippen LogP contribution in [-0.2, 0) is 16.4 Å². The zero-order valence-electron chi connectivity index (χ0n) is 37.2. The van der Waals surface area contributed by atoms with Crippen LogP contribution in [0.25, 0.3) is 11.0 Å². The molecular formula is C51H54N8O7S. The second-order valence-corrected chi connectivity index (χ2v) is 20.7. The van der Waals surface area contributed by atoms with Gasteiger partial charge in [0.2, 0.25) is 5.88 Å². The Bertz CT molecular complexity index is 2940. The Morgan fingerprint density at radius 3 is 2.46 bits per heavy atom. The van der Waals surface area contributed by atoms with Crippen LogP contribution in [0.2, 0.25) is 0 Å². The van der Waals surface area contributed by atoms with Crippen LogP contribution in [0.4, 0.5) is 17.1 Å². The molecule has 67 heavy (non-hydrogen) atoms. The lowest BCUT2D eigenvalue weighted by Crippen LogP contribution is -2.45. The normalized spacial score (nSPS) is 20.8. The van der Waals surface area contributed by atoms with E-state index in [4.69, 9.17) is 9.47 Å². The van der Waals surface area contributed by atoms with E-state index in [1.807, 2.05) is 42.5 Å². The molecule has 2 saturated heterocycles. The number of anilines is 2. The molecule has 0 radical (unpaired) electrons. The Hall–Kier alpha value is -6.52. The van der Waals surface area contributed by atoms with E-state index in [2.05, 4.69) is 59.1 Å². The molecule has 2 atom stereocenters. The van der Waals surface area contributed by atoms with Crippen molar-refractivity contribution in [1.82, 2.24) is 24.6 Å². The summed E-state index contributed by atoms with van der Waals surface area (Å²) in [5, 5.41) is 15.5. The fraction of sp³-hybridized carbons (Fsp3) is 0.392. The average Bonchev–Trinajstić information content (AvgIpc) is 3.88. The van der Waals surface area contributed by atoms with E-state index < -0.39 is 31.6 Å². The molecule has 16 heteroatoms. The molecule has 11 rings (SSSR count). The monoisotopic (exact) mass is 922 g/mol. The van der Waals surface area contributed by atoms with Crippen molar-refractivity contribution in [2.24, 2.45) is 5.41 Å². The van der Waals surface area contributed by atoms with Gasteiger partial charge in [-0.2, -0.15) is 13.4 Å². The van der Waals surface area contributed by atoms with Crippen LogP contribution < -0.4 is 24.4 Å². The van der Waals surface area contributed by atoms with Gasteiger partial charge in [0.25, 0.3) is 15.9 Å². The third kappa shape index (κ3) is 8.80. The van der Waals surface area contributed by atoms with Gasteiger partial charge in [0.1, 0.15) is 23.8 Å². The molecule has 1 spiro atoms. The summed E-state index contributed by atoms with van der Waals surface area (Å²) in [6.45, 7) is 2.96. The Labute approximate surface area is 389 Å². The number of piperidine rings is 1. The third-order valence-electron chi connectivity index (χ3n) is 14.9. The molecule has 3 aromatic carbocycles. The van der Waals surface area contributed by atoms with Crippen molar-refractivity contribution in [1.29, 1.82) is 0 Å². The zero-order valence-corrected chi connectivity index (χ0v) is 38.0. The highest BCUT2D eigenvalue weighted by atomic mass is 32.2. The summed E-state index contributed by atoms with van der Waals surface area (Å²) < 4.78 is 42.1. The minimum absolute atomic E-state index is 0.0286.